The quantitative estimate of drug-likeness (QED) is 0.811. The van der Waals surface area contributed by atoms with Crippen LogP contribution in [0.15, 0.2) is 12.4 Å². The van der Waals surface area contributed by atoms with E-state index in [0.717, 1.165) is 37.5 Å². The fourth-order valence-electron chi connectivity index (χ4n) is 2.73. The monoisotopic (exact) mass is 221 g/mol. The summed E-state index contributed by atoms with van der Waals surface area (Å²) in [6.07, 6.45) is 8.14. The average molecular weight is 221 g/mol. The molecule has 4 heteroatoms. The standard InChI is InChI=1S/C12H19N3O/c1-14-8-10(7-13-14)6-12(16)4-5-15(9-12)11-2-3-11/h7-8,11,16H,2-6,9H2,1H3. The van der Waals surface area contributed by atoms with Gasteiger partial charge in [-0.15, -0.1) is 0 Å². The summed E-state index contributed by atoms with van der Waals surface area (Å²) in [5.74, 6) is 0. The van der Waals surface area contributed by atoms with E-state index in [0.29, 0.717) is 0 Å². The minimum absolute atomic E-state index is 0.522. The van der Waals surface area contributed by atoms with Crippen molar-refractivity contribution in [2.45, 2.75) is 37.3 Å². The van der Waals surface area contributed by atoms with E-state index in [4.69, 9.17) is 0 Å². The van der Waals surface area contributed by atoms with Crippen molar-refractivity contribution in [3.63, 3.8) is 0 Å². The molecule has 2 heterocycles. The predicted molar refractivity (Wildman–Crippen MR) is 61.1 cm³/mol. The minimum atomic E-state index is -0.522. The van der Waals surface area contributed by atoms with Gasteiger partial charge in [0.25, 0.3) is 0 Å². The van der Waals surface area contributed by atoms with E-state index in [1.807, 2.05) is 19.4 Å². The molecule has 1 N–H and O–H groups in total. The van der Waals surface area contributed by atoms with Crippen LogP contribution in [0.3, 0.4) is 0 Å². The van der Waals surface area contributed by atoms with Gasteiger partial charge in [0.05, 0.1) is 11.8 Å². The normalized spacial score (nSPS) is 31.1. The second-order valence-corrected chi connectivity index (χ2v) is 5.38. The molecule has 2 aliphatic rings. The number of β-amino-alcohol motifs (C(OH)–C–C–N with tert-alkyl or cyclic N) is 1. The van der Waals surface area contributed by atoms with Gasteiger partial charge in [0.2, 0.25) is 0 Å². The number of hydrogen-bond acceptors (Lipinski definition) is 3. The molecule has 2 fully saturated rings. The first-order valence-corrected chi connectivity index (χ1v) is 6.09. The molecule has 3 rings (SSSR count). The summed E-state index contributed by atoms with van der Waals surface area (Å²) in [7, 11) is 1.92. The molecule has 0 radical (unpaired) electrons. The van der Waals surface area contributed by atoms with E-state index in [9.17, 15) is 5.11 Å². The molecule has 0 aromatic carbocycles. The molecule has 0 amide bonds. The van der Waals surface area contributed by atoms with Crippen molar-refractivity contribution in [1.82, 2.24) is 14.7 Å². The van der Waals surface area contributed by atoms with Gasteiger partial charge in [-0.3, -0.25) is 9.58 Å². The number of rotatable bonds is 3. The van der Waals surface area contributed by atoms with Crippen LogP contribution in [-0.4, -0.2) is 44.5 Å². The van der Waals surface area contributed by atoms with Crippen LogP contribution < -0.4 is 0 Å². The van der Waals surface area contributed by atoms with Crippen LogP contribution in [0.5, 0.6) is 0 Å². The van der Waals surface area contributed by atoms with Crippen LogP contribution in [0, 0.1) is 0 Å². The Morgan fingerprint density at radius 2 is 2.38 bits per heavy atom. The minimum Gasteiger partial charge on any atom is -0.388 e. The number of aromatic nitrogens is 2. The van der Waals surface area contributed by atoms with E-state index >= 15 is 0 Å². The van der Waals surface area contributed by atoms with Crippen molar-refractivity contribution in [3.05, 3.63) is 18.0 Å². The first-order valence-electron chi connectivity index (χ1n) is 6.09. The lowest BCUT2D eigenvalue weighted by Crippen LogP contribution is -2.36. The summed E-state index contributed by atoms with van der Waals surface area (Å²) in [6.45, 7) is 1.90. The zero-order chi connectivity index (χ0) is 11.2. The maximum absolute atomic E-state index is 10.5. The molecular weight excluding hydrogens is 202 g/mol. The van der Waals surface area contributed by atoms with Crippen molar-refractivity contribution in [2.24, 2.45) is 7.05 Å². The fourth-order valence-corrected chi connectivity index (χ4v) is 2.73. The van der Waals surface area contributed by atoms with Gasteiger partial charge in [-0.2, -0.15) is 5.10 Å². The van der Waals surface area contributed by atoms with Crippen LogP contribution in [0.25, 0.3) is 0 Å². The maximum Gasteiger partial charge on any atom is 0.0827 e. The van der Waals surface area contributed by atoms with Gasteiger partial charge in [-0.05, 0) is 24.8 Å². The summed E-state index contributed by atoms with van der Waals surface area (Å²) in [5, 5.41) is 14.7. The smallest absolute Gasteiger partial charge is 0.0827 e. The molecule has 1 aliphatic carbocycles. The van der Waals surface area contributed by atoms with Crippen LogP contribution >= 0.6 is 0 Å². The lowest BCUT2D eigenvalue weighted by atomic mass is 9.95. The number of nitrogens with zero attached hydrogens (tertiary/aromatic N) is 3. The highest BCUT2D eigenvalue weighted by atomic mass is 16.3. The van der Waals surface area contributed by atoms with Gasteiger partial charge in [0.1, 0.15) is 0 Å². The van der Waals surface area contributed by atoms with Crippen molar-refractivity contribution in [3.8, 4) is 0 Å². The molecule has 1 unspecified atom stereocenters. The largest absolute Gasteiger partial charge is 0.388 e. The van der Waals surface area contributed by atoms with Crippen molar-refractivity contribution in [1.29, 1.82) is 0 Å². The molecule has 4 nitrogen and oxygen atoms in total. The number of likely N-dealkylation sites (tertiary alicyclic amines) is 1. The second-order valence-electron chi connectivity index (χ2n) is 5.38. The third kappa shape index (κ3) is 1.99. The van der Waals surface area contributed by atoms with Crippen molar-refractivity contribution >= 4 is 0 Å². The van der Waals surface area contributed by atoms with Crippen molar-refractivity contribution in [2.75, 3.05) is 13.1 Å². The van der Waals surface area contributed by atoms with E-state index in [1.165, 1.54) is 12.8 Å². The summed E-state index contributed by atoms with van der Waals surface area (Å²) >= 11 is 0. The van der Waals surface area contributed by atoms with Gasteiger partial charge in [-0.25, -0.2) is 0 Å². The summed E-state index contributed by atoms with van der Waals surface area (Å²) in [4.78, 5) is 2.44. The highest BCUT2D eigenvalue weighted by Crippen LogP contribution is 2.34. The van der Waals surface area contributed by atoms with Crippen LogP contribution in [-0.2, 0) is 13.5 Å². The Labute approximate surface area is 95.9 Å². The topological polar surface area (TPSA) is 41.3 Å². The van der Waals surface area contributed by atoms with E-state index in [2.05, 4.69) is 10.00 Å². The zero-order valence-corrected chi connectivity index (χ0v) is 9.76. The summed E-state index contributed by atoms with van der Waals surface area (Å²) < 4.78 is 1.80. The second kappa shape index (κ2) is 3.57. The van der Waals surface area contributed by atoms with Gasteiger partial charge < -0.3 is 5.11 Å². The van der Waals surface area contributed by atoms with Crippen LogP contribution in [0.2, 0.25) is 0 Å². The van der Waals surface area contributed by atoms with Crippen LogP contribution in [0.1, 0.15) is 24.8 Å². The molecule has 0 spiro atoms. The summed E-state index contributed by atoms with van der Waals surface area (Å²) in [6, 6.07) is 0.767. The molecule has 1 atom stereocenters. The van der Waals surface area contributed by atoms with Gasteiger partial charge in [0, 0.05) is 38.8 Å². The number of aliphatic hydroxyl groups is 1. The molecule has 1 aliphatic heterocycles. The molecule has 88 valence electrons. The molecule has 1 saturated heterocycles. The molecule has 1 aromatic rings. The van der Waals surface area contributed by atoms with Crippen LogP contribution in [0.4, 0.5) is 0 Å². The summed E-state index contributed by atoms with van der Waals surface area (Å²) in [5.41, 5.74) is 0.619. The Kier molecular flexibility index (Phi) is 2.30. The Balaban J connectivity index is 1.65. The fraction of sp³-hybridized carbons (Fsp3) is 0.750. The highest BCUT2D eigenvalue weighted by molar-refractivity contribution is 5.11. The van der Waals surface area contributed by atoms with E-state index in [-0.39, 0.29) is 0 Å². The Hall–Kier alpha value is -0.870. The third-order valence-electron chi connectivity index (χ3n) is 3.72. The van der Waals surface area contributed by atoms with Gasteiger partial charge in [-0.1, -0.05) is 0 Å². The lowest BCUT2D eigenvalue weighted by molar-refractivity contribution is 0.0487. The first kappa shape index (κ1) is 10.3. The van der Waals surface area contributed by atoms with Gasteiger partial charge >= 0.3 is 0 Å². The van der Waals surface area contributed by atoms with Gasteiger partial charge in [0.15, 0.2) is 0 Å². The van der Waals surface area contributed by atoms with Crippen molar-refractivity contribution < 1.29 is 5.11 Å². The Bertz CT molecular complexity index is 385. The number of aryl methyl sites for hydroxylation is 1. The molecular formula is C12H19N3O. The molecule has 1 saturated carbocycles. The number of hydrogen-bond donors (Lipinski definition) is 1. The third-order valence-corrected chi connectivity index (χ3v) is 3.72. The predicted octanol–water partition coefficient (Wildman–Crippen LogP) is 0.562. The molecule has 0 bridgehead atoms. The Morgan fingerprint density at radius 1 is 1.56 bits per heavy atom. The van der Waals surface area contributed by atoms with E-state index in [1.54, 1.807) is 4.68 Å². The molecule has 16 heavy (non-hydrogen) atoms. The Morgan fingerprint density at radius 3 is 3.00 bits per heavy atom. The highest BCUT2D eigenvalue weighted by Gasteiger charge is 2.41. The lowest BCUT2D eigenvalue weighted by Gasteiger charge is -2.22. The zero-order valence-electron chi connectivity index (χ0n) is 9.76. The van der Waals surface area contributed by atoms with E-state index < -0.39 is 5.60 Å². The first-order chi connectivity index (χ1) is 7.65. The SMILES string of the molecule is Cn1cc(CC2(O)CCN(C3CC3)C2)cn1. The molecule has 1 aromatic heterocycles. The maximum atomic E-state index is 10.5. The average Bonchev–Trinajstić information content (AvgIpc) is 2.90.